The molecule has 0 N–H and O–H groups in total. The van der Waals surface area contributed by atoms with Gasteiger partial charge in [0.1, 0.15) is 98.2 Å². The molecule has 0 radical (unpaired) electrons. The molecular formula is C41H15BrF20O3. The lowest BCUT2D eigenvalue weighted by Gasteiger charge is -2.20. The van der Waals surface area contributed by atoms with Gasteiger partial charge in [0.25, 0.3) is 0 Å². The van der Waals surface area contributed by atoms with E-state index >= 15 is 0 Å². The highest BCUT2D eigenvalue weighted by atomic mass is 79.9. The molecule has 6 aromatic rings. The average Bonchev–Trinajstić information content (AvgIpc) is 3.12. The van der Waals surface area contributed by atoms with Gasteiger partial charge in [0, 0.05) is 33.3 Å². The standard InChI is InChI=1S/C21H8F10O2.C20H7BrF10O/c22-13-7-11(33-21(30,31)19-14(23)3-9(8-32)4-15(19)24)1-2-12(13)10-5-16(25)18(17(26)6-10)20(27,28)29;21-9-5-15(25)18(16(26)6-9)20(30,31)32-10-1-2-11(12(22)7-10)8-3-13(23)17(14(24)4-8)19(27,28)29/h1-8H;1-7H. The molecule has 3 nitrogen and oxygen atoms in total. The number of carbonyl (C=O) groups excluding carboxylic acids is 1. The Morgan fingerprint density at radius 1 is 0.385 bits per heavy atom. The molecule has 0 amide bonds. The molecular weight excluding hydrogens is 1000 g/mol. The van der Waals surface area contributed by atoms with Crippen molar-refractivity contribution in [1.29, 1.82) is 0 Å². The molecule has 0 spiro atoms. The van der Waals surface area contributed by atoms with E-state index in [9.17, 15) is 92.6 Å². The Hall–Kier alpha value is -6.33. The Morgan fingerprint density at radius 2 is 0.677 bits per heavy atom. The van der Waals surface area contributed by atoms with Crippen molar-refractivity contribution >= 4 is 22.2 Å². The van der Waals surface area contributed by atoms with E-state index in [0.717, 1.165) is 0 Å². The molecule has 0 saturated heterocycles. The molecule has 6 aromatic carbocycles. The number of benzene rings is 6. The van der Waals surface area contributed by atoms with E-state index in [2.05, 4.69) is 25.4 Å². The summed E-state index contributed by atoms with van der Waals surface area (Å²) in [6.45, 7) is 0. The van der Waals surface area contributed by atoms with Gasteiger partial charge in [-0.1, -0.05) is 15.9 Å². The van der Waals surface area contributed by atoms with Crippen LogP contribution in [-0.2, 0) is 24.6 Å². The Kier molecular flexibility index (Phi) is 14.0. The lowest BCUT2D eigenvalue weighted by atomic mass is 10.0. The number of carbonyl (C=O) groups is 1. The molecule has 0 aliphatic rings. The van der Waals surface area contributed by atoms with Crippen molar-refractivity contribution in [3.05, 3.63) is 175 Å². The first kappa shape index (κ1) is 49.7. The Bertz CT molecular complexity index is 2710. The van der Waals surface area contributed by atoms with Crippen LogP contribution in [0.15, 0.2) is 89.4 Å². The second kappa shape index (κ2) is 18.3. The summed E-state index contributed by atoms with van der Waals surface area (Å²) in [4.78, 5) is 10.6. The van der Waals surface area contributed by atoms with Crippen LogP contribution < -0.4 is 9.47 Å². The summed E-state index contributed by atoms with van der Waals surface area (Å²) in [5.74, 6) is -19.8. The maximum Gasteiger partial charge on any atom is 0.432 e. The van der Waals surface area contributed by atoms with Crippen LogP contribution in [0.3, 0.4) is 0 Å². The van der Waals surface area contributed by atoms with Gasteiger partial charge < -0.3 is 9.47 Å². The van der Waals surface area contributed by atoms with Gasteiger partial charge in [0.15, 0.2) is 0 Å². The van der Waals surface area contributed by atoms with Crippen molar-refractivity contribution in [2.75, 3.05) is 0 Å². The number of halogens is 21. The van der Waals surface area contributed by atoms with Crippen molar-refractivity contribution in [3.63, 3.8) is 0 Å². The summed E-state index contributed by atoms with van der Waals surface area (Å²) in [5.41, 5.74) is -11.2. The lowest BCUT2D eigenvalue weighted by Crippen LogP contribution is -2.25. The zero-order valence-corrected chi connectivity index (χ0v) is 32.4. The normalized spacial score (nSPS) is 12.1. The fourth-order valence-corrected chi connectivity index (χ4v) is 6.14. The van der Waals surface area contributed by atoms with E-state index in [-0.39, 0.29) is 41.1 Å². The lowest BCUT2D eigenvalue weighted by molar-refractivity contribution is -0.190. The average molecular weight is 1020 g/mol. The first-order chi connectivity index (χ1) is 29.9. The van der Waals surface area contributed by atoms with Gasteiger partial charge in [0.05, 0.1) is 0 Å². The molecule has 0 bridgehead atoms. The van der Waals surface area contributed by atoms with E-state index in [1.807, 2.05) is 0 Å². The van der Waals surface area contributed by atoms with Crippen molar-refractivity contribution in [3.8, 4) is 33.8 Å². The molecule has 0 aliphatic heterocycles. The molecule has 0 fully saturated rings. The Morgan fingerprint density at radius 3 is 0.954 bits per heavy atom. The molecule has 344 valence electrons. The first-order valence-electron chi connectivity index (χ1n) is 16.9. The van der Waals surface area contributed by atoms with Crippen molar-refractivity contribution in [2.45, 2.75) is 24.6 Å². The van der Waals surface area contributed by atoms with Crippen LogP contribution >= 0.6 is 15.9 Å². The highest BCUT2D eigenvalue weighted by Crippen LogP contribution is 2.42. The minimum Gasteiger partial charge on any atom is -0.429 e. The van der Waals surface area contributed by atoms with Crippen LogP contribution in [0.2, 0.25) is 0 Å². The highest BCUT2D eigenvalue weighted by Gasteiger charge is 2.43. The van der Waals surface area contributed by atoms with E-state index in [1.54, 1.807) is 0 Å². The van der Waals surface area contributed by atoms with E-state index < -0.39 is 144 Å². The van der Waals surface area contributed by atoms with E-state index in [1.165, 1.54) is 0 Å². The molecule has 0 unspecified atom stereocenters. The second-order valence-electron chi connectivity index (χ2n) is 12.9. The van der Waals surface area contributed by atoms with Gasteiger partial charge in [-0.05, 0) is 83.9 Å². The smallest absolute Gasteiger partial charge is 0.429 e. The summed E-state index contributed by atoms with van der Waals surface area (Å²) in [5, 5.41) is 0. The monoisotopic (exact) mass is 1010 g/mol. The van der Waals surface area contributed by atoms with Crippen molar-refractivity contribution in [2.24, 2.45) is 0 Å². The van der Waals surface area contributed by atoms with Crippen LogP contribution in [0, 0.1) is 58.2 Å². The van der Waals surface area contributed by atoms with Gasteiger partial charge in [-0.15, -0.1) is 0 Å². The number of rotatable bonds is 9. The fraction of sp³-hybridized carbons (Fsp3) is 0.0976. The van der Waals surface area contributed by atoms with Gasteiger partial charge in [0.2, 0.25) is 0 Å². The van der Waals surface area contributed by atoms with Crippen LogP contribution in [-0.4, -0.2) is 6.29 Å². The summed E-state index contributed by atoms with van der Waals surface area (Å²) < 4.78 is 280. The summed E-state index contributed by atoms with van der Waals surface area (Å²) >= 11 is 2.71. The molecule has 0 aliphatic carbocycles. The number of alkyl halides is 10. The zero-order valence-electron chi connectivity index (χ0n) is 30.8. The molecule has 0 atom stereocenters. The topological polar surface area (TPSA) is 35.5 Å². The van der Waals surface area contributed by atoms with Crippen LogP contribution in [0.1, 0.15) is 32.6 Å². The Labute approximate surface area is 357 Å². The van der Waals surface area contributed by atoms with Crippen LogP contribution in [0.4, 0.5) is 87.8 Å². The van der Waals surface area contributed by atoms with Crippen LogP contribution in [0.25, 0.3) is 22.3 Å². The summed E-state index contributed by atoms with van der Waals surface area (Å²) in [6.07, 6.45) is -20.0. The first-order valence-corrected chi connectivity index (χ1v) is 17.7. The molecule has 65 heavy (non-hydrogen) atoms. The minimum atomic E-state index is -5.36. The minimum absolute atomic E-state index is 0.00988. The molecule has 24 heteroatoms. The summed E-state index contributed by atoms with van der Waals surface area (Å²) in [7, 11) is 0. The molecule has 0 heterocycles. The maximum absolute atomic E-state index is 14.4. The van der Waals surface area contributed by atoms with Crippen LogP contribution in [0.5, 0.6) is 11.5 Å². The number of hydrogen-bond donors (Lipinski definition) is 0. The third-order valence-corrected chi connectivity index (χ3v) is 8.89. The Balaban J connectivity index is 0.000000244. The van der Waals surface area contributed by atoms with E-state index in [4.69, 9.17) is 0 Å². The third-order valence-electron chi connectivity index (χ3n) is 8.44. The quantitative estimate of drug-likeness (QED) is 0.107. The summed E-state index contributed by atoms with van der Waals surface area (Å²) in [6, 6.07) is 5.79. The van der Waals surface area contributed by atoms with E-state index in [0.29, 0.717) is 54.6 Å². The van der Waals surface area contributed by atoms with Crippen molar-refractivity contribution in [1.82, 2.24) is 0 Å². The third kappa shape index (κ3) is 11.0. The predicted octanol–water partition coefficient (Wildman–Crippen LogP) is 15.0. The van der Waals surface area contributed by atoms with Gasteiger partial charge in [-0.2, -0.15) is 43.9 Å². The van der Waals surface area contributed by atoms with Gasteiger partial charge in [-0.25, -0.2) is 43.9 Å². The predicted molar refractivity (Wildman–Crippen MR) is 188 cm³/mol. The maximum atomic E-state index is 14.4. The zero-order chi connectivity index (χ0) is 48.7. The van der Waals surface area contributed by atoms with Gasteiger partial charge >= 0.3 is 24.6 Å². The van der Waals surface area contributed by atoms with Crippen molar-refractivity contribution < 1.29 is 102 Å². The number of aldehydes is 1. The highest BCUT2D eigenvalue weighted by molar-refractivity contribution is 9.10. The second-order valence-corrected chi connectivity index (χ2v) is 13.8. The molecule has 0 aromatic heterocycles. The largest absolute Gasteiger partial charge is 0.432 e. The fourth-order valence-electron chi connectivity index (χ4n) is 5.74. The van der Waals surface area contributed by atoms with Gasteiger partial charge in [-0.3, -0.25) is 4.79 Å². The SMILES string of the molecule is Fc1cc(OC(F)(F)c2c(F)cc(Br)cc2F)ccc1-c1cc(F)c(C(F)(F)F)c(F)c1.O=Cc1cc(F)c(C(F)(F)Oc2ccc(-c3cc(F)c(C(F)(F)F)c(F)c3)c(F)c2)c(F)c1. The number of ether oxygens (including phenoxy) is 2. The molecule has 0 saturated carbocycles. The number of hydrogen-bond acceptors (Lipinski definition) is 3. The molecule has 6 rings (SSSR count).